The molecule has 0 heterocycles. The molecule has 0 saturated heterocycles. The third kappa shape index (κ3) is 3.32. The van der Waals surface area contributed by atoms with Gasteiger partial charge in [-0.1, -0.05) is 31.9 Å². The zero-order valence-electron chi connectivity index (χ0n) is 10.3. The lowest BCUT2D eigenvalue weighted by Crippen LogP contribution is -2.02. The summed E-state index contributed by atoms with van der Waals surface area (Å²) in [4.78, 5) is 0. The van der Waals surface area contributed by atoms with Crippen LogP contribution in [0.4, 0.5) is 8.78 Å². The van der Waals surface area contributed by atoms with Crippen LogP contribution >= 0.6 is 43.5 Å². The van der Waals surface area contributed by atoms with Crippen LogP contribution in [-0.2, 0) is 0 Å². The SMILES string of the molecule is COc1cc(F)c(C(Cl)c2cc(Br)cc(Br)c2)c(F)c1. The predicted octanol–water partition coefficient (Wildman–Crippen LogP) is 5.83. The largest absolute Gasteiger partial charge is 0.497 e. The predicted molar refractivity (Wildman–Crippen MR) is 82.4 cm³/mol. The van der Waals surface area contributed by atoms with Gasteiger partial charge in [-0.2, -0.15) is 0 Å². The second-order valence-electron chi connectivity index (χ2n) is 4.07. The van der Waals surface area contributed by atoms with Crippen LogP contribution in [0.2, 0.25) is 0 Å². The van der Waals surface area contributed by atoms with E-state index in [0.29, 0.717) is 5.56 Å². The lowest BCUT2D eigenvalue weighted by molar-refractivity contribution is 0.405. The van der Waals surface area contributed by atoms with E-state index in [0.717, 1.165) is 21.1 Å². The van der Waals surface area contributed by atoms with E-state index in [1.807, 2.05) is 6.07 Å². The van der Waals surface area contributed by atoms with Gasteiger partial charge in [0.05, 0.1) is 12.5 Å². The second kappa shape index (κ2) is 6.41. The van der Waals surface area contributed by atoms with Crippen molar-refractivity contribution < 1.29 is 13.5 Å². The fraction of sp³-hybridized carbons (Fsp3) is 0.143. The number of methoxy groups -OCH3 is 1. The summed E-state index contributed by atoms with van der Waals surface area (Å²) >= 11 is 12.9. The van der Waals surface area contributed by atoms with Gasteiger partial charge in [-0.15, -0.1) is 11.6 Å². The van der Waals surface area contributed by atoms with Crippen LogP contribution in [0.25, 0.3) is 0 Å². The van der Waals surface area contributed by atoms with Gasteiger partial charge in [0.15, 0.2) is 0 Å². The summed E-state index contributed by atoms with van der Waals surface area (Å²) in [7, 11) is 1.34. The van der Waals surface area contributed by atoms with Crippen molar-refractivity contribution in [2.45, 2.75) is 5.38 Å². The summed E-state index contributed by atoms with van der Waals surface area (Å²) in [6, 6.07) is 7.46. The van der Waals surface area contributed by atoms with Crippen LogP contribution in [-0.4, -0.2) is 7.11 Å². The molecule has 0 aromatic heterocycles. The molecule has 0 bridgehead atoms. The molecule has 2 rings (SSSR count). The van der Waals surface area contributed by atoms with E-state index in [1.54, 1.807) is 12.1 Å². The third-order valence-corrected chi connectivity index (χ3v) is 4.11. The minimum atomic E-state index is -0.935. The number of halogens is 5. The summed E-state index contributed by atoms with van der Waals surface area (Å²) < 4.78 is 34.4. The number of hydrogen-bond acceptors (Lipinski definition) is 1. The van der Waals surface area contributed by atoms with E-state index in [2.05, 4.69) is 31.9 Å². The van der Waals surface area contributed by atoms with Gasteiger partial charge in [-0.05, 0) is 23.8 Å². The van der Waals surface area contributed by atoms with Crippen molar-refractivity contribution in [2.75, 3.05) is 7.11 Å². The average molecular weight is 426 g/mol. The van der Waals surface area contributed by atoms with Crippen molar-refractivity contribution >= 4 is 43.5 Å². The van der Waals surface area contributed by atoms with Crippen LogP contribution in [0.5, 0.6) is 5.75 Å². The minimum Gasteiger partial charge on any atom is -0.497 e. The highest BCUT2D eigenvalue weighted by Crippen LogP contribution is 2.36. The molecule has 0 aliphatic carbocycles. The molecule has 0 amide bonds. The topological polar surface area (TPSA) is 9.23 Å². The Balaban J connectivity index is 2.50. The number of ether oxygens (including phenoxy) is 1. The molecule has 0 saturated carbocycles. The van der Waals surface area contributed by atoms with E-state index in [9.17, 15) is 8.78 Å². The van der Waals surface area contributed by atoms with Crippen LogP contribution in [0.1, 0.15) is 16.5 Å². The molecule has 2 aromatic carbocycles. The molecule has 0 radical (unpaired) electrons. The Hall–Kier alpha value is -0.650. The van der Waals surface area contributed by atoms with Crippen molar-refractivity contribution in [2.24, 2.45) is 0 Å². The van der Waals surface area contributed by atoms with Crippen LogP contribution in [0.3, 0.4) is 0 Å². The summed E-state index contributed by atoms with van der Waals surface area (Å²) in [6.07, 6.45) is 0. The molecule has 0 spiro atoms. The maximum absolute atomic E-state index is 14.0. The maximum atomic E-state index is 14.0. The Morgan fingerprint density at radius 1 is 1.00 bits per heavy atom. The van der Waals surface area contributed by atoms with Crippen molar-refractivity contribution in [3.8, 4) is 5.75 Å². The summed E-state index contributed by atoms with van der Waals surface area (Å²) in [5, 5.41) is -0.935. The molecular formula is C14H9Br2ClF2O. The monoisotopic (exact) mass is 424 g/mol. The zero-order valence-corrected chi connectivity index (χ0v) is 14.2. The zero-order chi connectivity index (χ0) is 14.9. The molecular weight excluding hydrogens is 417 g/mol. The summed E-state index contributed by atoms with van der Waals surface area (Å²) in [6.45, 7) is 0. The Bertz CT molecular complexity index is 606. The van der Waals surface area contributed by atoms with Gasteiger partial charge in [0, 0.05) is 26.6 Å². The van der Waals surface area contributed by atoms with Gasteiger partial charge >= 0.3 is 0 Å². The Kier molecular flexibility index (Phi) is 5.04. The number of rotatable bonds is 3. The maximum Gasteiger partial charge on any atom is 0.134 e. The van der Waals surface area contributed by atoms with Crippen LogP contribution in [0.15, 0.2) is 39.3 Å². The smallest absolute Gasteiger partial charge is 0.134 e. The van der Waals surface area contributed by atoms with E-state index >= 15 is 0 Å². The summed E-state index contributed by atoms with van der Waals surface area (Å²) in [5.41, 5.74) is 0.383. The number of benzene rings is 2. The van der Waals surface area contributed by atoms with Crippen LogP contribution < -0.4 is 4.74 Å². The quantitative estimate of drug-likeness (QED) is 0.562. The molecule has 0 fully saturated rings. The van der Waals surface area contributed by atoms with Gasteiger partial charge in [0.25, 0.3) is 0 Å². The van der Waals surface area contributed by atoms with E-state index in [-0.39, 0.29) is 11.3 Å². The van der Waals surface area contributed by atoms with Crippen molar-refractivity contribution in [3.05, 3.63) is 62.0 Å². The first-order valence-corrected chi connectivity index (χ1v) is 7.57. The Morgan fingerprint density at radius 2 is 1.50 bits per heavy atom. The standard InChI is InChI=1S/C14H9Br2ClF2O/c1-20-10-5-11(18)13(12(19)6-10)14(17)7-2-8(15)4-9(16)3-7/h2-6,14H,1H3. The van der Waals surface area contributed by atoms with Gasteiger partial charge in [0.2, 0.25) is 0 Å². The number of hydrogen-bond donors (Lipinski definition) is 0. The molecule has 2 aromatic rings. The lowest BCUT2D eigenvalue weighted by Gasteiger charge is -2.14. The van der Waals surface area contributed by atoms with E-state index in [1.165, 1.54) is 7.11 Å². The third-order valence-electron chi connectivity index (χ3n) is 2.72. The van der Waals surface area contributed by atoms with E-state index < -0.39 is 17.0 Å². The molecule has 1 unspecified atom stereocenters. The van der Waals surface area contributed by atoms with Gasteiger partial charge < -0.3 is 4.74 Å². The Labute approximate surface area is 137 Å². The first kappa shape index (κ1) is 15.7. The first-order valence-electron chi connectivity index (χ1n) is 5.55. The number of alkyl halides is 1. The van der Waals surface area contributed by atoms with Gasteiger partial charge in [-0.3, -0.25) is 0 Å². The van der Waals surface area contributed by atoms with Crippen LogP contribution in [0, 0.1) is 11.6 Å². The van der Waals surface area contributed by atoms with Crippen molar-refractivity contribution in [3.63, 3.8) is 0 Å². The molecule has 1 nitrogen and oxygen atoms in total. The fourth-order valence-corrected chi connectivity index (χ4v) is 3.47. The molecule has 0 N–H and O–H groups in total. The highest BCUT2D eigenvalue weighted by Gasteiger charge is 2.22. The second-order valence-corrected chi connectivity index (χ2v) is 6.34. The highest BCUT2D eigenvalue weighted by molar-refractivity contribution is 9.11. The first-order chi connectivity index (χ1) is 9.42. The molecule has 20 heavy (non-hydrogen) atoms. The normalized spacial score (nSPS) is 12.3. The minimum absolute atomic E-state index is 0.114. The lowest BCUT2D eigenvalue weighted by atomic mass is 10.0. The molecule has 106 valence electrons. The van der Waals surface area contributed by atoms with E-state index in [4.69, 9.17) is 16.3 Å². The molecule has 6 heteroatoms. The van der Waals surface area contributed by atoms with Crippen molar-refractivity contribution in [1.29, 1.82) is 0 Å². The van der Waals surface area contributed by atoms with Crippen molar-refractivity contribution in [1.82, 2.24) is 0 Å². The molecule has 0 aliphatic heterocycles. The van der Waals surface area contributed by atoms with Gasteiger partial charge in [-0.25, -0.2) is 8.78 Å². The summed E-state index contributed by atoms with van der Waals surface area (Å²) in [5.74, 6) is -1.36. The fourth-order valence-electron chi connectivity index (χ4n) is 1.81. The van der Waals surface area contributed by atoms with Gasteiger partial charge in [0.1, 0.15) is 17.4 Å². The Morgan fingerprint density at radius 3 is 1.95 bits per heavy atom. The molecule has 1 atom stereocenters. The highest BCUT2D eigenvalue weighted by atomic mass is 79.9. The average Bonchev–Trinajstić information content (AvgIpc) is 2.36. The molecule has 0 aliphatic rings.